The third kappa shape index (κ3) is 6.15. The minimum absolute atomic E-state index is 0.0479. The van der Waals surface area contributed by atoms with E-state index in [-0.39, 0.29) is 21.5 Å². The van der Waals surface area contributed by atoms with Gasteiger partial charge in [-0.15, -0.1) is 0 Å². The van der Waals surface area contributed by atoms with Crippen LogP contribution in [0.2, 0.25) is 10.0 Å². The molecule has 0 aliphatic rings. The lowest BCUT2D eigenvalue weighted by Crippen LogP contribution is -2.23. The van der Waals surface area contributed by atoms with E-state index in [0.717, 1.165) is 11.6 Å². The molecular formula is C23H18Cl2F3NO2. The molecule has 3 rings (SSSR count). The molecule has 2 aromatic carbocycles. The molecule has 0 radical (unpaired) electrons. The van der Waals surface area contributed by atoms with Crippen LogP contribution in [-0.2, 0) is 6.54 Å². The summed E-state index contributed by atoms with van der Waals surface area (Å²) in [6, 6.07) is 10.4. The Bertz CT molecular complexity index is 1070. The Kier molecular flexibility index (Phi) is 7.13. The highest BCUT2D eigenvalue weighted by Gasteiger charge is 2.39. The molecule has 0 saturated carbocycles. The number of rotatable bonds is 6. The first-order valence-corrected chi connectivity index (χ1v) is 10.00. The Morgan fingerprint density at radius 2 is 1.84 bits per heavy atom. The van der Waals surface area contributed by atoms with E-state index in [4.69, 9.17) is 27.6 Å². The first-order valence-electron chi connectivity index (χ1n) is 9.24. The molecule has 0 aliphatic heterocycles. The normalized spacial score (nSPS) is 12.8. The van der Waals surface area contributed by atoms with Gasteiger partial charge < -0.3 is 9.73 Å². The molecule has 1 atom stereocenters. The van der Waals surface area contributed by atoms with Crippen LogP contribution in [0.15, 0.2) is 65.5 Å². The van der Waals surface area contributed by atoms with Gasteiger partial charge in [-0.3, -0.25) is 4.79 Å². The van der Waals surface area contributed by atoms with Gasteiger partial charge in [0.1, 0.15) is 0 Å². The van der Waals surface area contributed by atoms with Crippen LogP contribution in [0, 0.1) is 6.92 Å². The fourth-order valence-electron chi connectivity index (χ4n) is 3.09. The fraction of sp³-hybridized carbons (Fsp3) is 0.174. The van der Waals surface area contributed by atoms with Crippen LogP contribution >= 0.6 is 23.2 Å². The fourth-order valence-corrected chi connectivity index (χ4v) is 3.63. The molecule has 0 bridgehead atoms. The van der Waals surface area contributed by atoms with Gasteiger partial charge in [0.05, 0.1) is 18.4 Å². The predicted octanol–water partition coefficient (Wildman–Crippen LogP) is 7.18. The summed E-state index contributed by atoms with van der Waals surface area (Å²) in [5.41, 5.74) is 2.39. The second-order valence-corrected chi connectivity index (χ2v) is 7.84. The number of hydrogen-bond acceptors (Lipinski definition) is 2. The van der Waals surface area contributed by atoms with Crippen molar-refractivity contribution in [2.45, 2.75) is 25.6 Å². The molecule has 1 amide bonds. The van der Waals surface area contributed by atoms with Gasteiger partial charge in [0, 0.05) is 27.7 Å². The van der Waals surface area contributed by atoms with E-state index >= 15 is 0 Å². The average Bonchev–Trinajstić information content (AvgIpc) is 3.18. The topological polar surface area (TPSA) is 42.2 Å². The van der Waals surface area contributed by atoms with E-state index in [9.17, 15) is 18.0 Å². The number of aryl methyl sites for hydroxylation is 1. The maximum Gasteiger partial charge on any atom is 0.399 e. The summed E-state index contributed by atoms with van der Waals surface area (Å²) in [4.78, 5) is 12.4. The van der Waals surface area contributed by atoms with E-state index in [1.54, 1.807) is 31.2 Å². The predicted molar refractivity (Wildman–Crippen MR) is 115 cm³/mol. The lowest BCUT2D eigenvalue weighted by atomic mass is 9.96. The Morgan fingerprint density at radius 1 is 1.13 bits per heavy atom. The number of alkyl halides is 3. The third-order valence-electron chi connectivity index (χ3n) is 4.61. The number of carbonyl (C=O) groups excluding carboxylic acids is 1. The zero-order valence-corrected chi connectivity index (χ0v) is 17.9. The minimum atomic E-state index is -4.52. The lowest BCUT2D eigenvalue weighted by Gasteiger charge is -2.18. The summed E-state index contributed by atoms with van der Waals surface area (Å²) in [6.07, 6.45) is 0.944. The number of furan rings is 1. The summed E-state index contributed by atoms with van der Waals surface area (Å²) in [7, 11) is 0. The van der Waals surface area contributed by atoms with Gasteiger partial charge in [0.15, 0.2) is 0 Å². The van der Waals surface area contributed by atoms with Gasteiger partial charge in [0.25, 0.3) is 5.91 Å². The molecule has 3 aromatic rings. The second-order valence-electron chi connectivity index (χ2n) is 6.97. The van der Waals surface area contributed by atoms with Crippen LogP contribution in [0.1, 0.15) is 38.5 Å². The smallest absolute Gasteiger partial charge is 0.399 e. The number of allylic oxidation sites excluding steroid dienone is 1. The first-order chi connectivity index (χ1) is 14.6. The quantitative estimate of drug-likeness (QED) is 0.416. The van der Waals surface area contributed by atoms with Crippen LogP contribution in [0.25, 0.3) is 6.08 Å². The maximum atomic E-state index is 13.6. The Morgan fingerprint density at radius 3 is 2.42 bits per heavy atom. The highest BCUT2D eigenvalue weighted by Crippen LogP contribution is 2.38. The third-order valence-corrected chi connectivity index (χ3v) is 5.04. The zero-order valence-electron chi connectivity index (χ0n) is 16.3. The molecule has 3 nitrogen and oxygen atoms in total. The van der Waals surface area contributed by atoms with Gasteiger partial charge in [-0.25, -0.2) is 0 Å². The molecule has 0 aliphatic carbocycles. The van der Waals surface area contributed by atoms with Crippen molar-refractivity contribution in [3.63, 3.8) is 0 Å². The number of benzene rings is 2. The Labute approximate surface area is 187 Å². The van der Waals surface area contributed by atoms with Crippen LogP contribution < -0.4 is 5.32 Å². The molecule has 1 aromatic heterocycles. The summed E-state index contributed by atoms with van der Waals surface area (Å²) in [5, 5.41) is 3.04. The standard InChI is InChI=1S/C23H18Cl2F3NO2/c1-14-8-15(2-4-20(14)22(30)29-12-16-6-7-31-13-16)3-5-21(23(26,27)28)17-9-18(24)11-19(25)10-17/h2-11,13,21H,12H2,1H3,(H,29,30). The molecule has 1 unspecified atom stereocenters. The largest absolute Gasteiger partial charge is 0.472 e. The number of amides is 1. The van der Waals surface area contributed by atoms with Crippen molar-refractivity contribution in [1.29, 1.82) is 0 Å². The molecule has 0 saturated heterocycles. The van der Waals surface area contributed by atoms with Crippen molar-refractivity contribution in [2.24, 2.45) is 0 Å². The summed E-state index contributed by atoms with van der Waals surface area (Å²) < 4.78 is 45.8. The van der Waals surface area contributed by atoms with E-state index < -0.39 is 12.1 Å². The number of nitrogens with one attached hydrogen (secondary N) is 1. The van der Waals surface area contributed by atoms with E-state index in [1.807, 2.05) is 0 Å². The Hall–Kier alpha value is -2.70. The molecule has 1 N–H and O–H groups in total. The molecule has 8 heteroatoms. The number of carbonyl (C=O) groups is 1. The van der Waals surface area contributed by atoms with Crippen molar-refractivity contribution in [2.75, 3.05) is 0 Å². The van der Waals surface area contributed by atoms with Crippen LogP contribution in [0.3, 0.4) is 0 Å². The monoisotopic (exact) mass is 467 g/mol. The van der Waals surface area contributed by atoms with Gasteiger partial charge in [-0.1, -0.05) is 47.5 Å². The average molecular weight is 468 g/mol. The van der Waals surface area contributed by atoms with Gasteiger partial charge in [-0.2, -0.15) is 13.2 Å². The SMILES string of the molecule is Cc1cc(C=CC(c2cc(Cl)cc(Cl)c2)C(F)(F)F)ccc1C(=O)NCc1ccoc1. The number of hydrogen-bond donors (Lipinski definition) is 1. The number of halogens is 5. The molecule has 0 spiro atoms. The van der Waals surface area contributed by atoms with Crippen LogP contribution in [0.4, 0.5) is 13.2 Å². The van der Waals surface area contributed by atoms with Crippen LogP contribution in [0.5, 0.6) is 0 Å². The highest BCUT2D eigenvalue weighted by molar-refractivity contribution is 6.34. The Balaban J connectivity index is 1.78. The first kappa shape index (κ1) is 23.0. The molecule has 162 valence electrons. The van der Waals surface area contributed by atoms with E-state index in [2.05, 4.69) is 5.32 Å². The van der Waals surface area contributed by atoms with Crippen molar-refractivity contribution in [1.82, 2.24) is 5.32 Å². The molecule has 31 heavy (non-hydrogen) atoms. The summed E-state index contributed by atoms with van der Waals surface area (Å²) >= 11 is 11.7. The zero-order chi connectivity index (χ0) is 22.6. The minimum Gasteiger partial charge on any atom is -0.472 e. The van der Waals surface area contributed by atoms with E-state index in [1.165, 1.54) is 36.8 Å². The van der Waals surface area contributed by atoms with Crippen molar-refractivity contribution < 1.29 is 22.4 Å². The van der Waals surface area contributed by atoms with Gasteiger partial charge >= 0.3 is 6.18 Å². The molecular weight excluding hydrogens is 450 g/mol. The van der Waals surface area contributed by atoms with Gasteiger partial charge in [0.2, 0.25) is 0 Å². The van der Waals surface area contributed by atoms with Crippen molar-refractivity contribution in [3.8, 4) is 0 Å². The summed E-state index contributed by atoms with van der Waals surface area (Å²) in [5.74, 6) is -2.15. The molecule has 1 heterocycles. The van der Waals surface area contributed by atoms with E-state index in [0.29, 0.717) is 23.2 Å². The van der Waals surface area contributed by atoms with Gasteiger partial charge in [-0.05, 0) is 53.9 Å². The summed E-state index contributed by atoms with van der Waals surface area (Å²) in [6.45, 7) is 2.04. The second kappa shape index (κ2) is 9.62. The van der Waals surface area contributed by atoms with Crippen molar-refractivity contribution in [3.05, 3.63) is 98.9 Å². The molecule has 0 fully saturated rings. The highest BCUT2D eigenvalue weighted by atomic mass is 35.5. The maximum absolute atomic E-state index is 13.6. The van der Waals surface area contributed by atoms with Crippen molar-refractivity contribution >= 4 is 35.2 Å². The lowest BCUT2D eigenvalue weighted by molar-refractivity contribution is -0.139. The van der Waals surface area contributed by atoms with Crippen LogP contribution in [-0.4, -0.2) is 12.1 Å².